The highest BCUT2D eigenvalue weighted by atomic mass is 16.5. The first kappa shape index (κ1) is 14.8. The summed E-state index contributed by atoms with van der Waals surface area (Å²) in [6.45, 7) is 0. The molecule has 0 bridgehead atoms. The summed E-state index contributed by atoms with van der Waals surface area (Å²) in [5, 5.41) is 0. The molecule has 3 aromatic rings. The van der Waals surface area contributed by atoms with Crippen molar-refractivity contribution in [3.63, 3.8) is 0 Å². The number of carbonyl (C=O) groups is 1. The molecule has 3 rings (SSSR count). The number of nitrogens with zero attached hydrogens (tertiary/aromatic N) is 1. The van der Waals surface area contributed by atoms with E-state index in [2.05, 4.69) is 4.98 Å². The van der Waals surface area contributed by atoms with Gasteiger partial charge in [-0.2, -0.15) is 0 Å². The van der Waals surface area contributed by atoms with Gasteiger partial charge in [-0.05, 0) is 35.4 Å². The molecule has 0 aliphatic carbocycles. The molecule has 1 heterocycles. The van der Waals surface area contributed by atoms with E-state index in [1.54, 1.807) is 24.4 Å². The van der Waals surface area contributed by atoms with Gasteiger partial charge in [0.05, 0.1) is 12.7 Å². The summed E-state index contributed by atoms with van der Waals surface area (Å²) in [6, 6.07) is 20.3. The summed E-state index contributed by atoms with van der Waals surface area (Å²) in [5.41, 5.74) is 2.16. The molecule has 4 heteroatoms. The maximum Gasteiger partial charge on any atom is 0.338 e. The number of carbonyl (C=O) groups excluding carboxylic acids is 1. The Morgan fingerprint density at radius 3 is 2.43 bits per heavy atom. The largest absolute Gasteiger partial charge is 0.465 e. The van der Waals surface area contributed by atoms with E-state index in [4.69, 9.17) is 9.47 Å². The quantitative estimate of drug-likeness (QED) is 0.673. The summed E-state index contributed by atoms with van der Waals surface area (Å²) in [6.07, 6.45) is 1.66. The number of hydrogen-bond donors (Lipinski definition) is 0. The van der Waals surface area contributed by atoms with Gasteiger partial charge in [-0.3, -0.25) is 0 Å². The van der Waals surface area contributed by atoms with E-state index in [1.165, 1.54) is 7.11 Å². The Hall–Kier alpha value is -3.14. The molecule has 1 aromatic heterocycles. The van der Waals surface area contributed by atoms with Crippen LogP contribution in [0.5, 0.6) is 11.6 Å². The van der Waals surface area contributed by atoms with E-state index >= 15 is 0 Å². The fraction of sp³-hybridized carbons (Fsp3) is 0.0526. The molecule has 0 N–H and O–H groups in total. The third-order valence-electron chi connectivity index (χ3n) is 3.34. The van der Waals surface area contributed by atoms with Crippen LogP contribution >= 0.6 is 0 Å². The van der Waals surface area contributed by atoms with Gasteiger partial charge in [0.1, 0.15) is 5.75 Å². The van der Waals surface area contributed by atoms with Crippen LogP contribution in [0.3, 0.4) is 0 Å². The summed E-state index contributed by atoms with van der Waals surface area (Å²) < 4.78 is 10.6. The Kier molecular flexibility index (Phi) is 4.34. The second-order valence-corrected chi connectivity index (χ2v) is 4.84. The Morgan fingerprint density at radius 2 is 1.74 bits per heavy atom. The molecule has 4 nitrogen and oxygen atoms in total. The number of aromatic nitrogens is 1. The predicted molar refractivity (Wildman–Crippen MR) is 87.5 cm³/mol. The second-order valence-electron chi connectivity index (χ2n) is 4.84. The molecule has 0 spiro atoms. The van der Waals surface area contributed by atoms with Crippen LogP contribution in [0, 0.1) is 0 Å². The SMILES string of the molecule is COC(=O)c1ccc(Oc2ccccn2)cc1-c1ccccc1. The molecule has 0 fully saturated rings. The Bertz CT molecular complexity index is 801. The van der Waals surface area contributed by atoms with Crippen molar-refractivity contribution in [2.45, 2.75) is 0 Å². The van der Waals surface area contributed by atoms with Crippen molar-refractivity contribution < 1.29 is 14.3 Å². The molecule has 114 valence electrons. The van der Waals surface area contributed by atoms with Gasteiger partial charge >= 0.3 is 5.97 Å². The van der Waals surface area contributed by atoms with Crippen LogP contribution in [-0.2, 0) is 4.74 Å². The first-order chi connectivity index (χ1) is 11.3. The molecular formula is C19H15NO3. The van der Waals surface area contributed by atoms with E-state index in [0.29, 0.717) is 17.2 Å². The topological polar surface area (TPSA) is 48.4 Å². The summed E-state index contributed by atoms with van der Waals surface area (Å²) in [5.74, 6) is 0.723. The zero-order valence-electron chi connectivity index (χ0n) is 12.6. The van der Waals surface area contributed by atoms with Crippen molar-refractivity contribution >= 4 is 5.97 Å². The van der Waals surface area contributed by atoms with Gasteiger partial charge in [0, 0.05) is 12.3 Å². The van der Waals surface area contributed by atoms with Gasteiger partial charge in [-0.1, -0.05) is 36.4 Å². The number of pyridine rings is 1. The first-order valence-corrected chi connectivity index (χ1v) is 7.14. The van der Waals surface area contributed by atoms with Crippen LogP contribution in [0.15, 0.2) is 72.9 Å². The fourth-order valence-electron chi connectivity index (χ4n) is 2.26. The Balaban J connectivity index is 2.03. The number of benzene rings is 2. The van der Waals surface area contributed by atoms with Crippen LogP contribution < -0.4 is 4.74 Å². The lowest BCUT2D eigenvalue weighted by molar-refractivity contribution is 0.0601. The predicted octanol–water partition coefficient (Wildman–Crippen LogP) is 4.33. The normalized spacial score (nSPS) is 10.1. The Morgan fingerprint density at radius 1 is 0.957 bits per heavy atom. The lowest BCUT2D eigenvalue weighted by Gasteiger charge is -2.11. The third-order valence-corrected chi connectivity index (χ3v) is 3.34. The maximum absolute atomic E-state index is 12.0. The molecule has 0 saturated carbocycles. The summed E-state index contributed by atoms with van der Waals surface area (Å²) in [7, 11) is 1.37. The average molecular weight is 305 g/mol. The summed E-state index contributed by atoms with van der Waals surface area (Å²) in [4.78, 5) is 16.1. The molecule has 0 atom stereocenters. The van der Waals surface area contributed by atoms with Gasteiger partial charge in [0.2, 0.25) is 5.88 Å². The van der Waals surface area contributed by atoms with Crippen LogP contribution in [-0.4, -0.2) is 18.1 Å². The van der Waals surface area contributed by atoms with Gasteiger partial charge < -0.3 is 9.47 Å². The lowest BCUT2D eigenvalue weighted by atomic mass is 9.99. The minimum atomic E-state index is -0.381. The van der Waals surface area contributed by atoms with E-state index < -0.39 is 0 Å². The van der Waals surface area contributed by atoms with Crippen molar-refractivity contribution in [2.75, 3.05) is 7.11 Å². The highest BCUT2D eigenvalue weighted by Crippen LogP contribution is 2.30. The molecule has 0 unspecified atom stereocenters. The van der Waals surface area contributed by atoms with Crippen molar-refractivity contribution in [3.8, 4) is 22.8 Å². The van der Waals surface area contributed by atoms with E-state index in [1.807, 2.05) is 48.5 Å². The molecule has 0 saturated heterocycles. The highest BCUT2D eigenvalue weighted by molar-refractivity contribution is 5.97. The molecule has 0 amide bonds. The van der Waals surface area contributed by atoms with E-state index in [-0.39, 0.29) is 5.97 Å². The lowest BCUT2D eigenvalue weighted by Crippen LogP contribution is -2.03. The number of ether oxygens (including phenoxy) is 2. The van der Waals surface area contributed by atoms with E-state index in [9.17, 15) is 4.79 Å². The number of rotatable bonds is 4. The minimum absolute atomic E-state index is 0.381. The number of methoxy groups -OCH3 is 1. The minimum Gasteiger partial charge on any atom is -0.465 e. The third kappa shape index (κ3) is 3.37. The monoisotopic (exact) mass is 305 g/mol. The maximum atomic E-state index is 12.0. The summed E-state index contributed by atoms with van der Waals surface area (Å²) >= 11 is 0. The van der Waals surface area contributed by atoms with E-state index in [0.717, 1.165) is 11.1 Å². The van der Waals surface area contributed by atoms with Crippen molar-refractivity contribution in [2.24, 2.45) is 0 Å². The zero-order valence-corrected chi connectivity index (χ0v) is 12.6. The van der Waals surface area contributed by atoms with Crippen LogP contribution in [0.4, 0.5) is 0 Å². The number of esters is 1. The molecule has 0 aliphatic heterocycles. The standard InChI is InChI=1S/C19H15NO3/c1-22-19(21)16-11-10-15(23-18-9-5-6-12-20-18)13-17(16)14-7-3-2-4-8-14/h2-13H,1H3. The molecule has 0 radical (unpaired) electrons. The first-order valence-electron chi connectivity index (χ1n) is 7.14. The van der Waals surface area contributed by atoms with Crippen LogP contribution in [0.25, 0.3) is 11.1 Å². The van der Waals surface area contributed by atoms with Gasteiger partial charge in [0.25, 0.3) is 0 Å². The van der Waals surface area contributed by atoms with Crippen molar-refractivity contribution in [1.82, 2.24) is 4.98 Å². The fourth-order valence-corrected chi connectivity index (χ4v) is 2.26. The van der Waals surface area contributed by atoms with Crippen molar-refractivity contribution in [1.29, 1.82) is 0 Å². The van der Waals surface area contributed by atoms with Crippen LogP contribution in [0.1, 0.15) is 10.4 Å². The molecular weight excluding hydrogens is 290 g/mol. The number of hydrogen-bond acceptors (Lipinski definition) is 4. The highest BCUT2D eigenvalue weighted by Gasteiger charge is 2.14. The zero-order chi connectivity index (χ0) is 16.1. The van der Waals surface area contributed by atoms with Crippen molar-refractivity contribution in [3.05, 3.63) is 78.5 Å². The van der Waals surface area contributed by atoms with Gasteiger partial charge in [-0.15, -0.1) is 0 Å². The van der Waals surface area contributed by atoms with Gasteiger partial charge in [0.15, 0.2) is 0 Å². The molecule has 2 aromatic carbocycles. The second kappa shape index (κ2) is 6.75. The molecule has 0 aliphatic rings. The Labute approximate surface area is 134 Å². The molecule has 23 heavy (non-hydrogen) atoms. The smallest absolute Gasteiger partial charge is 0.338 e. The average Bonchev–Trinajstić information content (AvgIpc) is 2.62. The van der Waals surface area contributed by atoms with Gasteiger partial charge in [-0.25, -0.2) is 9.78 Å². The van der Waals surface area contributed by atoms with Crippen LogP contribution in [0.2, 0.25) is 0 Å².